The van der Waals surface area contributed by atoms with Crippen LogP contribution in [0.4, 0.5) is 17.6 Å². The number of rotatable bonds is 3. The predicted molar refractivity (Wildman–Crippen MR) is 51.9 cm³/mol. The highest BCUT2D eigenvalue weighted by atomic mass is 19.3. The molecule has 2 fully saturated rings. The molecule has 0 radical (unpaired) electrons. The van der Waals surface area contributed by atoms with Gasteiger partial charge in [-0.2, -0.15) is 8.78 Å². The van der Waals surface area contributed by atoms with Crippen LogP contribution in [0.15, 0.2) is 0 Å². The van der Waals surface area contributed by atoms with Gasteiger partial charge < -0.3 is 4.90 Å². The maximum absolute atomic E-state index is 12.9. The molecule has 0 bridgehead atoms. The van der Waals surface area contributed by atoms with Gasteiger partial charge in [0.2, 0.25) is 5.91 Å². The van der Waals surface area contributed by atoms with Crippen LogP contribution < -0.4 is 5.32 Å². The highest BCUT2D eigenvalue weighted by molar-refractivity contribution is 5.88. The average molecular weight is 254 g/mol. The molecule has 1 amide bonds. The van der Waals surface area contributed by atoms with Gasteiger partial charge >= 0.3 is 12.3 Å². The number of amides is 1. The van der Waals surface area contributed by atoms with Gasteiger partial charge in [-0.05, 0) is 12.8 Å². The van der Waals surface area contributed by atoms with Crippen LogP contribution in [0.1, 0.15) is 25.7 Å². The van der Waals surface area contributed by atoms with Gasteiger partial charge in [0.15, 0.2) is 0 Å². The van der Waals surface area contributed by atoms with E-state index in [0.29, 0.717) is 12.8 Å². The third-order valence-corrected chi connectivity index (χ3v) is 3.48. The van der Waals surface area contributed by atoms with Crippen molar-refractivity contribution in [3.05, 3.63) is 0 Å². The molecular formula is C10H14F4N2O. The normalized spacial score (nSPS) is 24.3. The van der Waals surface area contributed by atoms with E-state index < -0.39 is 30.3 Å². The van der Waals surface area contributed by atoms with Gasteiger partial charge in [-0.25, -0.2) is 8.78 Å². The van der Waals surface area contributed by atoms with Crippen LogP contribution in [-0.2, 0) is 4.79 Å². The third kappa shape index (κ3) is 2.12. The monoisotopic (exact) mass is 254 g/mol. The lowest BCUT2D eigenvalue weighted by atomic mass is 9.98. The van der Waals surface area contributed by atoms with Crippen LogP contribution in [0.5, 0.6) is 0 Å². The maximum Gasteiger partial charge on any atom is 0.324 e. The fourth-order valence-corrected chi connectivity index (χ4v) is 2.52. The summed E-state index contributed by atoms with van der Waals surface area (Å²) in [6, 6.07) is 0. The Balaban J connectivity index is 2.03. The summed E-state index contributed by atoms with van der Waals surface area (Å²) < 4.78 is 49.9. The van der Waals surface area contributed by atoms with Crippen LogP contribution >= 0.6 is 0 Å². The largest absolute Gasteiger partial charge is 0.324 e. The van der Waals surface area contributed by atoms with E-state index in [1.54, 1.807) is 0 Å². The van der Waals surface area contributed by atoms with Crippen LogP contribution in [0.3, 0.4) is 0 Å². The van der Waals surface area contributed by atoms with Crippen molar-refractivity contribution < 1.29 is 22.4 Å². The Labute approximate surface area is 96.1 Å². The zero-order valence-corrected chi connectivity index (χ0v) is 9.19. The molecule has 0 aromatic carbocycles. The van der Waals surface area contributed by atoms with Gasteiger partial charge in [-0.1, -0.05) is 12.8 Å². The average Bonchev–Trinajstić information content (AvgIpc) is 2.82. The quantitative estimate of drug-likeness (QED) is 0.776. The highest BCUT2D eigenvalue weighted by Crippen LogP contribution is 2.35. The molecule has 1 N–H and O–H groups in total. The minimum atomic E-state index is -4.14. The zero-order chi connectivity index (χ0) is 12.7. The predicted octanol–water partition coefficient (Wildman–Crippen LogP) is 1.59. The molecule has 2 aliphatic rings. The summed E-state index contributed by atoms with van der Waals surface area (Å²) in [5.74, 6) is -4.60. The first-order valence-corrected chi connectivity index (χ1v) is 5.58. The maximum atomic E-state index is 12.9. The van der Waals surface area contributed by atoms with Gasteiger partial charge in [-0.3, -0.25) is 10.1 Å². The van der Waals surface area contributed by atoms with E-state index in [1.165, 1.54) is 0 Å². The number of carbonyl (C=O) groups is 1. The first-order valence-electron chi connectivity index (χ1n) is 5.58. The molecule has 7 heteroatoms. The Kier molecular flexibility index (Phi) is 3.05. The van der Waals surface area contributed by atoms with Gasteiger partial charge in [0, 0.05) is 0 Å². The van der Waals surface area contributed by atoms with E-state index in [0.717, 1.165) is 17.7 Å². The minimum Gasteiger partial charge on any atom is -0.322 e. The molecule has 0 aromatic rings. The third-order valence-electron chi connectivity index (χ3n) is 3.48. The van der Waals surface area contributed by atoms with Crippen molar-refractivity contribution in [3.8, 4) is 0 Å². The highest BCUT2D eigenvalue weighted by Gasteiger charge is 2.52. The van der Waals surface area contributed by atoms with E-state index in [4.69, 9.17) is 0 Å². The fraction of sp³-hybridized carbons (Fsp3) is 0.900. The molecule has 3 nitrogen and oxygen atoms in total. The van der Waals surface area contributed by atoms with Crippen molar-refractivity contribution in [2.24, 2.45) is 0 Å². The number of halogens is 4. The summed E-state index contributed by atoms with van der Waals surface area (Å²) in [6.45, 7) is -1.28. The summed E-state index contributed by atoms with van der Waals surface area (Å²) in [5, 5.41) is 2.89. The second kappa shape index (κ2) is 4.12. The molecule has 1 saturated heterocycles. The summed E-state index contributed by atoms with van der Waals surface area (Å²) in [7, 11) is 0. The molecule has 1 aliphatic carbocycles. The van der Waals surface area contributed by atoms with Crippen LogP contribution in [0, 0.1) is 0 Å². The topological polar surface area (TPSA) is 32.3 Å². The lowest BCUT2D eigenvalue weighted by molar-refractivity contribution is -0.155. The summed E-state index contributed by atoms with van der Waals surface area (Å²) in [5.41, 5.74) is -0.766. The molecule has 98 valence electrons. The molecule has 1 spiro atoms. The van der Waals surface area contributed by atoms with Gasteiger partial charge in [-0.15, -0.1) is 0 Å². The van der Waals surface area contributed by atoms with Crippen LogP contribution in [0.2, 0.25) is 0 Å². The van der Waals surface area contributed by atoms with Crippen molar-refractivity contribution >= 4 is 5.91 Å². The smallest absolute Gasteiger partial charge is 0.322 e. The Morgan fingerprint density at radius 1 is 1.35 bits per heavy atom. The molecular weight excluding hydrogens is 240 g/mol. The van der Waals surface area contributed by atoms with Gasteiger partial charge in [0.25, 0.3) is 0 Å². The van der Waals surface area contributed by atoms with E-state index >= 15 is 0 Å². The van der Waals surface area contributed by atoms with Crippen LogP contribution in [-0.4, -0.2) is 41.9 Å². The fourth-order valence-electron chi connectivity index (χ4n) is 2.52. The minimum absolute atomic E-state index is 0.0683. The van der Waals surface area contributed by atoms with E-state index in [1.807, 2.05) is 0 Å². The number of hydrogen-bond donors (Lipinski definition) is 1. The summed E-state index contributed by atoms with van der Waals surface area (Å²) in [4.78, 5) is 12.7. The second-order valence-electron chi connectivity index (χ2n) is 4.69. The summed E-state index contributed by atoms with van der Waals surface area (Å²) >= 11 is 0. The van der Waals surface area contributed by atoms with Crippen LogP contribution in [0.25, 0.3) is 0 Å². The first-order chi connectivity index (χ1) is 7.87. The molecule has 0 aromatic heterocycles. The molecule has 2 rings (SSSR count). The molecule has 1 heterocycles. The van der Waals surface area contributed by atoms with E-state index in [9.17, 15) is 22.4 Å². The lowest BCUT2D eigenvalue weighted by Crippen LogP contribution is -2.47. The number of alkyl halides is 4. The van der Waals surface area contributed by atoms with Crippen molar-refractivity contribution in [3.63, 3.8) is 0 Å². The molecule has 17 heavy (non-hydrogen) atoms. The number of nitrogens with zero attached hydrogens (tertiary/aromatic N) is 1. The van der Waals surface area contributed by atoms with E-state index in [-0.39, 0.29) is 6.67 Å². The summed E-state index contributed by atoms with van der Waals surface area (Å²) in [6.07, 6.45) is -0.823. The molecule has 0 unspecified atom stereocenters. The van der Waals surface area contributed by atoms with Gasteiger partial charge in [0.05, 0.1) is 18.8 Å². The Morgan fingerprint density at radius 3 is 2.47 bits per heavy atom. The number of carbonyl (C=O) groups excluding carboxylic acids is 1. The molecule has 1 aliphatic heterocycles. The van der Waals surface area contributed by atoms with Crippen molar-refractivity contribution in [2.75, 3.05) is 13.2 Å². The Morgan fingerprint density at radius 2 is 1.94 bits per heavy atom. The number of hydrogen-bond acceptors (Lipinski definition) is 2. The molecule has 0 atom stereocenters. The zero-order valence-electron chi connectivity index (χ0n) is 9.19. The first kappa shape index (κ1) is 12.6. The second-order valence-corrected chi connectivity index (χ2v) is 4.69. The Bertz CT molecular complexity index is 315. The standard InChI is InChI=1S/C10H14F4N2O/c11-7(12)10(13,14)5-16-6-15-9(8(16)17)3-1-2-4-9/h7,15H,1-6H2. The van der Waals surface area contributed by atoms with Crippen molar-refractivity contribution in [1.29, 1.82) is 0 Å². The Hall–Kier alpha value is -0.850. The number of nitrogens with one attached hydrogen (secondary N) is 1. The SMILES string of the molecule is O=C1N(CC(F)(F)C(F)F)CNC12CCCC2. The van der Waals surface area contributed by atoms with Crippen molar-refractivity contribution in [1.82, 2.24) is 10.2 Å². The lowest BCUT2D eigenvalue weighted by Gasteiger charge is -2.24. The molecule has 1 saturated carbocycles. The van der Waals surface area contributed by atoms with Gasteiger partial charge in [0.1, 0.15) is 0 Å². The van der Waals surface area contributed by atoms with Crippen molar-refractivity contribution in [2.45, 2.75) is 43.6 Å². The van der Waals surface area contributed by atoms with E-state index in [2.05, 4.69) is 5.32 Å².